The highest BCUT2D eigenvalue weighted by atomic mass is 16.3. The maximum atomic E-state index is 13.1. The Morgan fingerprint density at radius 1 is 0.923 bits per heavy atom. The SMILES string of the molecule is O=C1CCC(N2Cc3cc([C@@]4(O)CCN(C(c5ccccc5)c5ccccc5)C[C@@H]4O)ccc3C2=O)C(=O)N1. The molecule has 2 fully saturated rings. The number of hydrogen-bond acceptors (Lipinski definition) is 6. The maximum Gasteiger partial charge on any atom is 0.255 e. The van der Waals surface area contributed by atoms with Gasteiger partial charge < -0.3 is 15.1 Å². The molecule has 6 rings (SSSR count). The minimum Gasteiger partial charge on any atom is -0.388 e. The second-order valence-electron chi connectivity index (χ2n) is 10.7. The van der Waals surface area contributed by atoms with Crippen molar-refractivity contribution in [2.75, 3.05) is 13.1 Å². The van der Waals surface area contributed by atoms with Gasteiger partial charge in [-0.25, -0.2) is 0 Å². The fraction of sp³-hybridized carbons (Fsp3) is 0.323. The number of aliphatic hydroxyl groups excluding tert-OH is 1. The summed E-state index contributed by atoms with van der Waals surface area (Å²) in [7, 11) is 0. The van der Waals surface area contributed by atoms with E-state index in [2.05, 4.69) is 34.5 Å². The minimum absolute atomic E-state index is 0.0636. The number of carbonyl (C=O) groups excluding carboxylic acids is 3. The van der Waals surface area contributed by atoms with Crippen LogP contribution in [-0.4, -0.2) is 63.0 Å². The monoisotopic (exact) mass is 525 g/mol. The Kier molecular flexibility index (Phi) is 6.54. The molecular weight excluding hydrogens is 494 g/mol. The van der Waals surface area contributed by atoms with E-state index in [4.69, 9.17) is 0 Å². The van der Waals surface area contributed by atoms with Gasteiger partial charge in [0.2, 0.25) is 11.8 Å². The van der Waals surface area contributed by atoms with E-state index >= 15 is 0 Å². The molecule has 0 spiro atoms. The van der Waals surface area contributed by atoms with Gasteiger partial charge in [-0.15, -0.1) is 0 Å². The zero-order chi connectivity index (χ0) is 27.1. The Hall–Kier alpha value is -3.85. The molecule has 0 aliphatic carbocycles. The van der Waals surface area contributed by atoms with Crippen LogP contribution in [0.2, 0.25) is 0 Å². The summed E-state index contributed by atoms with van der Waals surface area (Å²) in [6.45, 7) is 1.04. The molecule has 2 saturated heterocycles. The standard InChI is InChI=1S/C31H31N3O5/c35-26-19-33(28(20-7-3-1-4-8-20)21-9-5-2-6-10-21)16-15-31(26,39)23-11-12-24-22(17-23)18-34(30(24)38)25-13-14-27(36)32-29(25)37/h1-12,17,25-26,28,35,39H,13-16,18-19H2,(H,32,36,37)/t25?,26-,31-/m0/s1. The summed E-state index contributed by atoms with van der Waals surface area (Å²) < 4.78 is 0. The lowest BCUT2D eigenvalue weighted by molar-refractivity contribution is -0.136. The third kappa shape index (κ3) is 4.54. The molecular formula is C31H31N3O5. The Bertz CT molecular complexity index is 1370. The first kappa shape index (κ1) is 25.4. The average molecular weight is 526 g/mol. The van der Waals surface area contributed by atoms with Crippen LogP contribution in [0, 0.1) is 0 Å². The van der Waals surface area contributed by atoms with Crippen LogP contribution in [0.1, 0.15) is 57.9 Å². The lowest BCUT2D eigenvalue weighted by Gasteiger charge is -2.45. The topological polar surface area (TPSA) is 110 Å². The number of β-amino-alcohol motifs (C(OH)–C–C–N with tert-alkyl or cyclic N) is 1. The molecule has 0 radical (unpaired) electrons. The van der Waals surface area contributed by atoms with Crippen LogP contribution < -0.4 is 5.32 Å². The first-order valence-electron chi connectivity index (χ1n) is 13.4. The number of aliphatic hydroxyl groups is 2. The summed E-state index contributed by atoms with van der Waals surface area (Å²) in [5.74, 6) is -1.05. The van der Waals surface area contributed by atoms with Crippen molar-refractivity contribution in [1.29, 1.82) is 0 Å². The van der Waals surface area contributed by atoms with Crippen molar-refractivity contribution in [3.63, 3.8) is 0 Å². The summed E-state index contributed by atoms with van der Waals surface area (Å²) in [6.07, 6.45) is -0.257. The fourth-order valence-corrected chi connectivity index (χ4v) is 6.24. The molecule has 3 aliphatic rings. The van der Waals surface area contributed by atoms with Crippen LogP contribution in [0.4, 0.5) is 0 Å². The van der Waals surface area contributed by atoms with Crippen LogP contribution in [0.5, 0.6) is 0 Å². The number of rotatable bonds is 5. The highest BCUT2D eigenvalue weighted by molar-refractivity contribution is 6.05. The first-order valence-corrected chi connectivity index (χ1v) is 13.4. The van der Waals surface area contributed by atoms with Gasteiger partial charge in [-0.05, 0) is 41.2 Å². The van der Waals surface area contributed by atoms with E-state index in [9.17, 15) is 24.6 Å². The Morgan fingerprint density at radius 2 is 1.59 bits per heavy atom. The van der Waals surface area contributed by atoms with E-state index in [1.165, 1.54) is 4.90 Å². The van der Waals surface area contributed by atoms with E-state index in [0.717, 1.165) is 11.1 Å². The number of nitrogens with one attached hydrogen (secondary N) is 1. The summed E-state index contributed by atoms with van der Waals surface area (Å²) in [6, 6.07) is 24.7. The van der Waals surface area contributed by atoms with Gasteiger partial charge in [-0.2, -0.15) is 0 Å². The molecule has 3 aliphatic heterocycles. The lowest BCUT2D eigenvalue weighted by atomic mass is 9.80. The molecule has 8 heteroatoms. The van der Waals surface area contributed by atoms with E-state index in [1.54, 1.807) is 18.2 Å². The zero-order valence-corrected chi connectivity index (χ0v) is 21.5. The molecule has 0 saturated carbocycles. The van der Waals surface area contributed by atoms with Gasteiger partial charge >= 0.3 is 0 Å². The largest absolute Gasteiger partial charge is 0.388 e. The summed E-state index contributed by atoms with van der Waals surface area (Å²) in [5.41, 5.74) is 2.50. The van der Waals surface area contributed by atoms with Crippen molar-refractivity contribution in [3.05, 3.63) is 107 Å². The molecule has 8 nitrogen and oxygen atoms in total. The molecule has 0 aromatic heterocycles. The highest BCUT2D eigenvalue weighted by Gasteiger charge is 2.45. The number of benzene rings is 3. The van der Waals surface area contributed by atoms with Gasteiger partial charge in [0.25, 0.3) is 5.91 Å². The molecule has 3 amide bonds. The van der Waals surface area contributed by atoms with Crippen LogP contribution in [0.15, 0.2) is 78.9 Å². The molecule has 0 bridgehead atoms. The lowest BCUT2D eigenvalue weighted by Crippen LogP contribution is -2.54. The predicted molar refractivity (Wildman–Crippen MR) is 143 cm³/mol. The van der Waals surface area contributed by atoms with E-state index in [1.807, 2.05) is 36.4 Å². The van der Waals surface area contributed by atoms with E-state index < -0.39 is 23.7 Å². The number of carbonyl (C=O) groups is 3. The van der Waals surface area contributed by atoms with Crippen LogP contribution in [0.25, 0.3) is 0 Å². The first-order chi connectivity index (χ1) is 18.8. The van der Waals surface area contributed by atoms with Gasteiger partial charge in [-0.3, -0.25) is 24.6 Å². The second-order valence-corrected chi connectivity index (χ2v) is 10.7. The summed E-state index contributed by atoms with van der Waals surface area (Å²) >= 11 is 0. The van der Waals surface area contributed by atoms with Gasteiger partial charge in [0, 0.05) is 31.6 Å². The molecule has 3 aromatic rings. The maximum absolute atomic E-state index is 13.1. The highest BCUT2D eigenvalue weighted by Crippen LogP contribution is 2.40. The third-order valence-electron chi connectivity index (χ3n) is 8.36. The van der Waals surface area contributed by atoms with E-state index in [-0.39, 0.29) is 37.4 Å². The van der Waals surface area contributed by atoms with Crippen molar-refractivity contribution >= 4 is 17.7 Å². The Morgan fingerprint density at radius 3 is 2.21 bits per heavy atom. The quantitative estimate of drug-likeness (QED) is 0.442. The Balaban J connectivity index is 1.23. The molecule has 3 N–H and O–H groups in total. The van der Waals surface area contributed by atoms with E-state index in [0.29, 0.717) is 36.1 Å². The van der Waals surface area contributed by atoms with Crippen molar-refractivity contribution in [2.24, 2.45) is 0 Å². The van der Waals surface area contributed by atoms with Gasteiger partial charge in [0.1, 0.15) is 11.6 Å². The smallest absolute Gasteiger partial charge is 0.255 e. The predicted octanol–water partition coefficient (Wildman–Crippen LogP) is 2.49. The van der Waals surface area contributed by atoms with Crippen molar-refractivity contribution < 1.29 is 24.6 Å². The van der Waals surface area contributed by atoms with Crippen LogP contribution in [-0.2, 0) is 21.7 Å². The molecule has 3 heterocycles. The number of likely N-dealkylation sites (tertiary alicyclic amines) is 1. The Labute approximate surface area is 226 Å². The van der Waals surface area contributed by atoms with Gasteiger partial charge in [-0.1, -0.05) is 72.8 Å². The van der Waals surface area contributed by atoms with Gasteiger partial charge in [0.05, 0.1) is 12.1 Å². The number of nitrogens with zero attached hydrogens (tertiary/aromatic N) is 2. The average Bonchev–Trinajstić information content (AvgIpc) is 3.27. The normalized spacial score (nSPS) is 25.6. The molecule has 3 atom stereocenters. The number of fused-ring (bicyclic) bond motifs is 1. The van der Waals surface area contributed by atoms with Crippen molar-refractivity contribution in [1.82, 2.24) is 15.1 Å². The van der Waals surface area contributed by atoms with Crippen molar-refractivity contribution in [2.45, 2.75) is 49.6 Å². The van der Waals surface area contributed by atoms with Crippen molar-refractivity contribution in [3.8, 4) is 0 Å². The number of amides is 3. The molecule has 3 aromatic carbocycles. The van der Waals surface area contributed by atoms with Crippen LogP contribution >= 0.6 is 0 Å². The van der Waals surface area contributed by atoms with Crippen LogP contribution in [0.3, 0.4) is 0 Å². The summed E-state index contributed by atoms with van der Waals surface area (Å²) in [4.78, 5) is 40.7. The fourth-order valence-electron chi connectivity index (χ4n) is 6.24. The molecule has 200 valence electrons. The molecule has 1 unspecified atom stereocenters. The number of piperidine rings is 2. The third-order valence-corrected chi connectivity index (χ3v) is 8.36. The summed E-state index contributed by atoms with van der Waals surface area (Å²) in [5, 5.41) is 25.4. The number of imide groups is 1. The molecule has 39 heavy (non-hydrogen) atoms. The zero-order valence-electron chi connectivity index (χ0n) is 21.5. The number of hydrogen-bond donors (Lipinski definition) is 3. The second kappa shape index (κ2) is 10.0. The van der Waals surface area contributed by atoms with Gasteiger partial charge in [0.15, 0.2) is 0 Å². The minimum atomic E-state index is -1.48.